The van der Waals surface area contributed by atoms with Gasteiger partial charge in [0, 0.05) is 23.5 Å². The van der Waals surface area contributed by atoms with Gasteiger partial charge in [0.15, 0.2) is 6.61 Å². The second kappa shape index (κ2) is 8.93. The first-order valence-corrected chi connectivity index (χ1v) is 8.34. The van der Waals surface area contributed by atoms with Gasteiger partial charge in [-0.05, 0) is 32.0 Å². The van der Waals surface area contributed by atoms with Crippen LogP contribution in [-0.2, 0) is 16.1 Å². The van der Waals surface area contributed by atoms with E-state index in [2.05, 4.69) is 11.9 Å². The van der Waals surface area contributed by atoms with E-state index in [1.165, 1.54) is 18.2 Å². The average Bonchev–Trinajstić information content (AvgIpc) is 2.93. The molecule has 0 radical (unpaired) electrons. The van der Waals surface area contributed by atoms with Crippen molar-refractivity contribution in [1.29, 1.82) is 0 Å². The Labute approximate surface area is 156 Å². The summed E-state index contributed by atoms with van der Waals surface area (Å²) >= 11 is 0. The number of aromatic nitrogens is 1. The number of halogens is 1. The molecule has 142 valence electrons. The fraction of sp³-hybridized carbons (Fsp3) is 0.250. The lowest BCUT2D eigenvalue weighted by Gasteiger charge is -2.08. The first kappa shape index (κ1) is 20.1. The molecule has 27 heavy (non-hydrogen) atoms. The summed E-state index contributed by atoms with van der Waals surface area (Å²) in [7, 11) is 0. The normalized spacial score (nSPS) is 10.3. The van der Waals surface area contributed by atoms with Gasteiger partial charge in [0.1, 0.15) is 12.4 Å². The number of hydrogen-bond acceptors (Lipinski definition) is 4. The molecule has 1 aromatic carbocycles. The molecule has 0 saturated carbocycles. The Balaban J connectivity index is 1.88. The van der Waals surface area contributed by atoms with E-state index in [-0.39, 0.29) is 11.3 Å². The minimum Gasteiger partial charge on any atom is -0.456 e. The number of ether oxygens (including phenoxy) is 1. The van der Waals surface area contributed by atoms with Crippen molar-refractivity contribution in [2.45, 2.75) is 20.4 Å². The van der Waals surface area contributed by atoms with Gasteiger partial charge in [-0.25, -0.2) is 4.39 Å². The SMILES string of the molecule is C=CCn1c(C)cc(C(=O)COC(=O)CNC(=O)c2ccccc2F)c1C. The number of nitrogens with zero attached hydrogens (tertiary/aromatic N) is 1. The van der Waals surface area contributed by atoms with Gasteiger partial charge in [0.25, 0.3) is 5.91 Å². The Kier molecular flexibility index (Phi) is 6.65. The van der Waals surface area contributed by atoms with Crippen LogP contribution in [0, 0.1) is 19.7 Å². The summed E-state index contributed by atoms with van der Waals surface area (Å²) in [6, 6.07) is 7.15. The molecule has 0 aliphatic carbocycles. The smallest absolute Gasteiger partial charge is 0.325 e. The summed E-state index contributed by atoms with van der Waals surface area (Å²) in [5.41, 5.74) is 1.97. The topological polar surface area (TPSA) is 77.4 Å². The fourth-order valence-electron chi connectivity index (χ4n) is 2.66. The number of nitrogens with one attached hydrogen (secondary N) is 1. The van der Waals surface area contributed by atoms with Gasteiger partial charge >= 0.3 is 5.97 Å². The molecule has 6 nitrogen and oxygen atoms in total. The molecule has 0 aliphatic heterocycles. The predicted molar refractivity (Wildman–Crippen MR) is 98.1 cm³/mol. The Morgan fingerprint density at radius 3 is 2.59 bits per heavy atom. The first-order chi connectivity index (χ1) is 12.8. The highest BCUT2D eigenvalue weighted by Gasteiger charge is 2.18. The molecule has 2 rings (SSSR count). The number of Topliss-reactive ketones (excluding diaryl/α,β-unsaturated/α-hetero) is 1. The average molecular weight is 372 g/mol. The highest BCUT2D eigenvalue weighted by molar-refractivity contribution is 6.00. The lowest BCUT2D eigenvalue weighted by Crippen LogP contribution is -2.32. The van der Waals surface area contributed by atoms with Crippen molar-refractivity contribution in [3.63, 3.8) is 0 Å². The summed E-state index contributed by atoms with van der Waals surface area (Å²) in [5.74, 6) is -2.54. The summed E-state index contributed by atoms with van der Waals surface area (Å²) in [6.45, 7) is 7.04. The number of ketones is 1. The molecular formula is C20H21FN2O4. The zero-order valence-corrected chi connectivity index (χ0v) is 15.3. The summed E-state index contributed by atoms with van der Waals surface area (Å²) in [4.78, 5) is 35.9. The van der Waals surface area contributed by atoms with Gasteiger partial charge in [0.2, 0.25) is 5.78 Å². The number of aryl methyl sites for hydroxylation is 1. The van der Waals surface area contributed by atoms with Crippen LogP contribution in [0.5, 0.6) is 0 Å². The number of carbonyl (C=O) groups excluding carboxylic acids is 3. The second-order valence-corrected chi connectivity index (χ2v) is 5.93. The number of amides is 1. The molecular weight excluding hydrogens is 351 g/mol. The van der Waals surface area contributed by atoms with Gasteiger partial charge in [-0.2, -0.15) is 0 Å². The standard InChI is InChI=1S/C20H21FN2O4/c1-4-9-23-13(2)10-16(14(23)3)18(24)12-27-19(25)11-22-20(26)15-7-5-6-8-17(15)21/h4-8,10H,1,9,11-12H2,2-3H3,(H,22,26). The van der Waals surface area contributed by atoms with Crippen LogP contribution in [0.4, 0.5) is 4.39 Å². The molecule has 0 saturated heterocycles. The zero-order valence-electron chi connectivity index (χ0n) is 15.3. The molecule has 0 fully saturated rings. The van der Waals surface area contributed by atoms with E-state index in [0.717, 1.165) is 17.5 Å². The maximum absolute atomic E-state index is 13.5. The van der Waals surface area contributed by atoms with Crippen LogP contribution in [0.25, 0.3) is 0 Å². The minimum atomic E-state index is -0.784. The van der Waals surface area contributed by atoms with Crippen LogP contribution in [0.1, 0.15) is 32.1 Å². The Bertz CT molecular complexity index is 886. The summed E-state index contributed by atoms with van der Waals surface area (Å²) in [5, 5.41) is 2.26. The van der Waals surface area contributed by atoms with E-state index in [1.54, 1.807) is 19.1 Å². The third kappa shape index (κ3) is 4.91. The molecule has 0 spiro atoms. The van der Waals surface area contributed by atoms with E-state index >= 15 is 0 Å². The molecule has 0 bridgehead atoms. The van der Waals surface area contributed by atoms with Gasteiger partial charge < -0.3 is 14.6 Å². The van der Waals surface area contributed by atoms with Crippen LogP contribution in [0.3, 0.4) is 0 Å². The van der Waals surface area contributed by atoms with Gasteiger partial charge in [-0.3, -0.25) is 14.4 Å². The molecule has 7 heteroatoms. The second-order valence-electron chi connectivity index (χ2n) is 5.93. The van der Waals surface area contributed by atoms with Crippen LogP contribution < -0.4 is 5.32 Å². The number of rotatable bonds is 8. The van der Waals surface area contributed by atoms with E-state index in [9.17, 15) is 18.8 Å². The lowest BCUT2D eigenvalue weighted by molar-refractivity contribution is -0.141. The lowest BCUT2D eigenvalue weighted by atomic mass is 10.1. The third-order valence-electron chi connectivity index (χ3n) is 4.06. The maximum atomic E-state index is 13.5. The van der Waals surface area contributed by atoms with Gasteiger partial charge in [-0.15, -0.1) is 6.58 Å². The predicted octanol–water partition coefficient (Wildman–Crippen LogP) is 2.59. The molecule has 1 N–H and O–H groups in total. The number of hydrogen-bond donors (Lipinski definition) is 1. The van der Waals surface area contributed by atoms with Crippen LogP contribution in [-0.4, -0.2) is 35.4 Å². The van der Waals surface area contributed by atoms with Gasteiger partial charge in [-0.1, -0.05) is 18.2 Å². The Morgan fingerprint density at radius 2 is 1.93 bits per heavy atom. The Hall–Kier alpha value is -3.22. The first-order valence-electron chi connectivity index (χ1n) is 8.34. The summed E-state index contributed by atoms with van der Waals surface area (Å²) < 4.78 is 20.3. The highest BCUT2D eigenvalue weighted by Crippen LogP contribution is 2.16. The zero-order chi connectivity index (χ0) is 20.0. The van der Waals surface area contributed by atoms with E-state index in [1.807, 2.05) is 11.5 Å². The van der Waals surface area contributed by atoms with Crippen LogP contribution >= 0.6 is 0 Å². The third-order valence-corrected chi connectivity index (χ3v) is 4.06. The van der Waals surface area contributed by atoms with Crippen molar-refractivity contribution < 1.29 is 23.5 Å². The summed E-state index contributed by atoms with van der Waals surface area (Å²) in [6.07, 6.45) is 1.73. The van der Waals surface area contributed by atoms with Gasteiger partial charge in [0.05, 0.1) is 5.56 Å². The number of benzene rings is 1. The van der Waals surface area contributed by atoms with Crippen molar-refractivity contribution in [2.75, 3.05) is 13.2 Å². The monoisotopic (exact) mass is 372 g/mol. The van der Waals surface area contributed by atoms with Crippen molar-refractivity contribution >= 4 is 17.7 Å². The van der Waals surface area contributed by atoms with Crippen molar-refractivity contribution in [3.8, 4) is 0 Å². The van der Waals surface area contributed by atoms with E-state index in [0.29, 0.717) is 12.1 Å². The number of carbonyl (C=O) groups is 3. The molecule has 1 amide bonds. The molecule has 0 atom stereocenters. The minimum absolute atomic E-state index is 0.170. The van der Waals surface area contributed by atoms with E-state index in [4.69, 9.17) is 4.74 Å². The van der Waals surface area contributed by atoms with Crippen LogP contribution in [0.2, 0.25) is 0 Å². The van der Waals surface area contributed by atoms with E-state index < -0.39 is 30.8 Å². The quantitative estimate of drug-likeness (QED) is 0.439. The molecule has 2 aromatic rings. The molecule has 1 heterocycles. The fourth-order valence-corrected chi connectivity index (χ4v) is 2.66. The van der Waals surface area contributed by atoms with Crippen molar-refractivity contribution in [2.24, 2.45) is 0 Å². The van der Waals surface area contributed by atoms with Crippen molar-refractivity contribution in [1.82, 2.24) is 9.88 Å². The van der Waals surface area contributed by atoms with Crippen molar-refractivity contribution in [3.05, 3.63) is 71.3 Å². The largest absolute Gasteiger partial charge is 0.456 e. The molecule has 1 aromatic heterocycles. The Morgan fingerprint density at radius 1 is 1.22 bits per heavy atom. The molecule has 0 aliphatic rings. The van der Waals surface area contributed by atoms with Crippen LogP contribution in [0.15, 0.2) is 43.0 Å². The highest BCUT2D eigenvalue weighted by atomic mass is 19.1. The number of allylic oxidation sites excluding steroid dienone is 1. The number of esters is 1. The maximum Gasteiger partial charge on any atom is 0.325 e. The molecule has 0 unspecified atom stereocenters.